The van der Waals surface area contributed by atoms with Crippen LogP contribution in [0.2, 0.25) is 10.0 Å². The highest BCUT2D eigenvalue weighted by Gasteiger charge is 2.11. The van der Waals surface area contributed by atoms with Gasteiger partial charge in [0.25, 0.3) is 0 Å². The second-order valence-electron chi connectivity index (χ2n) is 5.17. The molecular formula is C16H14Cl2N4O. The lowest BCUT2D eigenvalue weighted by molar-refractivity contribution is 0.261. The van der Waals surface area contributed by atoms with Crippen molar-refractivity contribution in [1.82, 2.24) is 20.0 Å². The molecule has 3 aromatic rings. The monoisotopic (exact) mass is 348 g/mol. The van der Waals surface area contributed by atoms with Crippen LogP contribution in [0, 0.1) is 0 Å². The van der Waals surface area contributed by atoms with Crippen LogP contribution in [0.15, 0.2) is 47.2 Å². The van der Waals surface area contributed by atoms with E-state index in [4.69, 9.17) is 27.7 Å². The summed E-state index contributed by atoms with van der Waals surface area (Å²) in [6.45, 7) is 1.23. The largest absolute Gasteiger partial charge is 0.338 e. The Balaban J connectivity index is 1.65. The first-order valence-corrected chi connectivity index (χ1v) is 7.73. The van der Waals surface area contributed by atoms with Gasteiger partial charge in [-0.3, -0.25) is 9.88 Å². The van der Waals surface area contributed by atoms with Crippen molar-refractivity contribution in [2.45, 2.75) is 13.1 Å². The van der Waals surface area contributed by atoms with E-state index in [2.05, 4.69) is 20.0 Å². The van der Waals surface area contributed by atoms with Gasteiger partial charge in [-0.15, -0.1) is 0 Å². The van der Waals surface area contributed by atoms with Gasteiger partial charge in [-0.05, 0) is 36.9 Å². The Morgan fingerprint density at radius 2 is 2.00 bits per heavy atom. The van der Waals surface area contributed by atoms with Crippen LogP contribution in [0.4, 0.5) is 0 Å². The van der Waals surface area contributed by atoms with Crippen LogP contribution in [-0.4, -0.2) is 27.1 Å². The maximum absolute atomic E-state index is 6.03. The normalized spacial score (nSPS) is 11.1. The first-order valence-electron chi connectivity index (χ1n) is 6.97. The summed E-state index contributed by atoms with van der Waals surface area (Å²) in [6, 6.07) is 9.32. The minimum Gasteiger partial charge on any atom is -0.338 e. The quantitative estimate of drug-likeness (QED) is 0.695. The van der Waals surface area contributed by atoms with Gasteiger partial charge < -0.3 is 4.52 Å². The van der Waals surface area contributed by atoms with Crippen molar-refractivity contribution in [3.8, 4) is 11.4 Å². The van der Waals surface area contributed by atoms with E-state index in [-0.39, 0.29) is 0 Å². The highest BCUT2D eigenvalue weighted by Crippen LogP contribution is 2.23. The summed E-state index contributed by atoms with van der Waals surface area (Å²) in [5, 5.41) is 5.08. The van der Waals surface area contributed by atoms with Crippen LogP contribution in [0.1, 0.15) is 11.5 Å². The first kappa shape index (κ1) is 15.9. The molecule has 0 fully saturated rings. The third kappa shape index (κ3) is 4.07. The zero-order valence-electron chi connectivity index (χ0n) is 12.4. The van der Waals surface area contributed by atoms with Gasteiger partial charge in [0.2, 0.25) is 11.7 Å². The fourth-order valence-corrected chi connectivity index (χ4v) is 2.49. The molecule has 5 nitrogen and oxygen atoms in total. The molecule has 0 N–H and O–H groups in total. The minimum atomic E-state index is 0.535. The molecule has 2 aromatic heterocycles. The second kappa shape index (κ2) is 7.08. The Bertz CT molecular complexity index is 792. The van der Waals surface area contributed by atoms with Crippen molar-refractivity contribution in [3.63, 3.8) is 0 Å². The lowest BCUT2D eigenvalue weighted by Crippen LogP contribution is -2.17. The van der Waals surface area contributed by atoms with Crippen molar-refractivity contribution < 1.29 is 4.52 Å². The third-order valence-corrected chi connectivity index (χ3v) is 3.97. The molecule has 2 heterocycles. The number of rotatable bonds is 5. The number of aromatic nitrogens is 3. The van der Waals surface area contributed by atoms with E-state index >= 15 is 0 Å². The molecule has 0 saturated carbocycles. The van der Waals surface area contributed by atoms with E-state index in [1.165, 1.54) is 0 Å². The summed E-state index contributed by atoms with van der Waals surface area (Å²) in [6.07, 6.45) is 3.41. The van der Waals surface area contributed by atoms with E-state index in [1.54, 1.807) is 18.5 Å². The van der Waals surface area contributed by atoms with E-state index < -0.39 is 0 Å². The van der Waals surface area contributed by atoms with Crippen molar-refractivity contribution in [1.29, 1.82) is 0 Å². The summed E-state index contributed by atoms with van der Waals surface area (Å²) in [7, 11) is 1.97. The summed E-state index contributed by atoms with van der Waals surface area (Å²) >= 11 is 12.0. The van der Waals surface area contributed by atoms with Gasteiger partial charge in [0.05, 0.1) is 16.6 Å². The molecule has 0 unspecified atom stereocenters. The van der Waals surface area contributed by atoms with Gasteiger partial charge in [0.1, 0.15) is 0 Å². The van der Waals surface area contributed by atoms with Crippen LogP contribution < -0.4 is 0 Å². The van der Waals surface area contributed by atoms with E-state index in [9.17, 15) is 0 Å². The fraction of sp³-hybridized carbons (Fsp3) is 0.188. The minimum absolute atomic E-state index is 0.535. The molecular weight excluding hydrogens is 335 g/mol. The van der Waals surface area contributed by atoms with E-state index in [0.717, 1.165) is 11.1 Å². The van der Waals surface area contributed by atoms with Gasteiger partial charge >= 0.3 is 0 Å². The van der Waals surface area contributed by atoms with Crippen LogP contribution in [0.25, 0.3) is 11.4 Å². The predicted molar refractivity (Wildman–Crippen MR) is 89.2 cm³/mol. The number of halogens is 2. The lowest BCUT2D eigenvalue weighted by Gasteiger charge is -2.14. The average Bonchev–Trinajstić information content (AvgIpc) is 3.00. The molecule has 0 radical (unpaired) electrons. The predicted octanol–water partition coefficient (Wildman–Crippen LogP) is 4.07. The molecule has 0 amide bonds. The standard InChI is InChI=1S/C16H14Cl2N4O/c1-22(9-11-4-5-13(17)14(18)7-11)10-15-20-16(21-23-15)12-3-2-6-19-8-12/h2-8H,9-10H2,1H3. The molecule has 0 aliphatic rings. The highest BCUT2D eigenvalue weighted by atomic mass is 35.5. The van der Waals surface area contributed by atoms with Crippen LogP contribution in [0.5, 0.6) is 0 Å². The maximum Gasteiger partial charge on any atom is 0.241 e. The van der Waals surface area contributed by atoms with Gasteiger partial charge in [-0.25, -0.2) is 0 Å². The summed E-state index contributed by atoms with van der Waals surface area (Å²) in [5.41, 5.74) is 1.89. The maximum atomic E-state index is 6.03. The Kier molecular flexibility index (Phi) is 4.91. The summed E-state index contributed by atoms with van der Waals surface area (Å²) in [5.74, 6) is 1.09. The molecule has 7 heteroatoms. The second-order valence-corrected chi connectivity index (χ2v) is 5.99. The van der Waals surface area contributed by atoms with E-state index in [1.807, 2.05) is 31.3 Å². The van der Waals surface area contributed by atoms with Crippen molar-refractivity contribution in [3.05, 3.63) is 64.2 Å². The van der Waals surface area contributed by atoms with Crippen LogP contribution in [0.3, 0.4) is 0 Å². The number of pyridine rings is 1. The summed E-state index contributed by atoms with van der Waals surface area (Å²) in [4.78, 5) is 10.5. The molecule has 0 atom stereocenters. The number of benzene rings is 1. The molecule has 23 heavy (non-hydrogen) atoms. The molecule has 0 spiro atoms. The Morgan fingerprint density at radius 1 is 1.13 bits per heavy atom. The van der Waals surface area contributed by atoms with Crippen molar-refractivity contribution in [2.24, 2.45) is 0 Å². The van der Waals surface area contributed by atoms with Crippen LogP contribution >= 0.6 is 23.2 Å². The topological polar surface area (TPSA) is 55.1 Å². The van der Waals surface area contributed by atoms with Gasteiger partial charge in [-0.1, -0.05) is 34.4 Å². The van der Waals surface area contributed by atoms with E-state index in [0.29, 0.717) is 34.8 Å². The Labute approximate surface area is 143 Å². The smallest absolute Gasteiger partial charge is 0.241 e. The highest BCUT2D eigenvalue weighted by molar-refractivity contribution is 6.42. The lowest BCUT2D eigenvalue weighted by atomic mass is 10.2. The average molecular weight is 349 g/mol. The molecule has 0 aliphatic carbocycles. The SMILES string of the molecule is CN(Cc1ccc(Cl)c(Cl)c1)Cc1nc(-c2cccnc2)no1. The Hall–Kier alpha value is -1.95. The van der Waals surface area contributed by atoms with Crippen molar-refractivity contribution in [2.75, 3.05) is 7.05 Å². The zero-order chi connectivity index (χ0) is 16.2. The number of hydrogen-bond acceptors (Lipinski definition) is 5. The first-order chi connectivity index (χ1) is 11.1. The van der Waals surface area contributed by atoms with Gasteiger partial charge in [0, 0.05) is 24.5 Å². The molecule has 3 rings (SSSR count). The number of nitrogens with zero attached hydrogens (tertiary/aromatic N) is 4. The Morgan fingerprint density at radius 3 is 2.74 bits per heavy atom. The molecule has 0 bridgehead atoms. The van der Waals surface area contributed by atoms with Crippen molar-refractivity contribution >= 4 is 23.2 Å². The summed E-state index contributed by atoms with van der Waals surface area (Å²) < 4.78 is 5.29. The molecule has 0 saturated heterocycles. The number of hydrogen-bond donors (Lipinski definition) is 0. The fourth-order valence-electron chi connectivity index (χ4n) is 2.17. The van der Waals surface area contributed by atoms with Gasteiger partial charge in [-0.2, -0.15) is 4.98 Å². The zero-order valence-corrected chi connectivity index (χ0v) is 13.9. The van der Waals surface area contributed by atoms with Gasteiger partial charge in [0.15, 0.2) is 0 Å². The molecule has 1 aromatic carbocycles. The molecule has 118 valence electrons. The van der Waals surface area contributed by atoms with Crippen LogP contribution in [-0.2, 0) is 13.1 Å². The third-order valence-electron chi connectivity index (χ3n) is 3.23. The molecule has 0 aliphatic heterocycles.